The normalized spacial score (nSPS) is 34.9. The van der Waals surface area contributed by atoms with E-state index in [4.69, 9.17) is 5.73 Å². The van der Waals surface area contributed by atoms with Crippen LogP contribution < -0.4 is 5.73 Å². The summed E-state index contributed by atoms with van der Waals surface area (Å²) in [7, 11) is 0. The highest BCUT2D eigenvalue weighted by Crippen LogP contribution is 2.35. The Kier molecular flexibility index (Phi) is 3.98. The zero-order valence-electron chi connectivity index (χ0n) is 10.0. The Morgan fingerprint density at radius 3 is 2.59 bits per heavy atom. The van der Waals surface area contributed by atoms with Gasteiger partial charge in [0.25, 0.3) is 0 Å². The van der Waals surface area contributed by atoms with Crippen LogP contribution in [-0.4, -0.2) is 36.8 Å². The van der Waals surface area contributed by atoms with E-state index in [0.29, 0.717) is 18.4 Å². The third-order valence-electron chi connectivity index (χ3n) is 4.16. The quantitative estimate of drug-likeness (QED) is 0.833. The largest absolute Gasteiger partial charge is 0.389 e. The summed E-state index contributed by atoms with van der Waals surface area (Å²) >= 11 is 0. The van der Waals surface area contributed by atoms with E-state index in [1.54, 1.807) is 0 Å². The first-order chi connectivity index (χ1) is 7.96. The first-order valence-electron chi connectivity index (χ1n) is 6.50. The minimum atomic E-state index is -4.01. The maximum atomic E-state index is 12.0. The van der Waals surface area contributed by atoms with Crippen LogP contribution in [0.3, 0.4) is 0 Å². The summed E-state index contributed by atoms with van der Waals surface area (Å²) in [6.45, 7) is 2.43. The van der Waals surface area contributed by atoms with Gasteiger partial charge >= 0.3 is 6.18 Å². The van der Waals surface area contributed by atoms with Crippen molar-refractivity contribution in [3.05, 3.63) is 0 Å². The van der Waals surface area contributed by atoms with Gasteiger partial charge in [0.2, 0.25) is 0 Å². The Morgan fingerprint density at radius 1 is 1.18 bits per heavy atom. The van der Waals surface area contributed by atoms with Gasteiger partial charge in [-0.3, -0.25) is 0 Å². The van der Waals surface area contributed by atoms with Crippen molar-refractivity contribution in [2.45, 2.75) is 44.3 Å². The molecule has 0 aromatic rings. The molecule has 1 heterocycles. The van der Waals surface area contributed by atoms with E-state index in [2.05, 4.69) is 4.90 Å². The molecule has 1 aliphatic heterocycles. The fourth-order valence-electron chi connectivity index (χ4n) is 3.29. The second kappa shape index (κ2) is 5.14. The third kappa shape index (κ3) is 3.58. The van der Waals surface area contributed by atoms with Crippen LogP contribution in [0.1, 0.15) is 32.1 Å². The van der Waals surface area contributed by atoms with Gasteiger partial charge in [0.1, 0.15) is 0 Å². The van der Waals surface area contributed by atoms with Crippen LogP contribution in [0.2, 0.25) is 0 Å². The van der Waals surface area contributed by atoms with E-state index in [1.807, 2.05) is 0 Å². The fourth-order valence-corrected chi connectivity index (χ4v) is 3.29. The second-order valence-electron chi connectivity index (χ2n) is 5.50. The molecule has 3 atom stereocenters. The molecule has 0 radical (unpaired) electrons. The van der Waals surface area contributed by atoms with Crippen LogP contribution in [0.25, 0.3) is 0 Å². The summed E-state index contributed by atoms with van der Waals surface area (Å²) < 4.78 is 36.1. The highest BCUT2D eigenvalue weighted by atomic mass is 19.4. The van der Waals surface area contributed by atoms with Gasteiger partial charge in [-0.2, -0.15) is 13.2 Å². The first-order valence-corrected chi connectivity index (χ1v) is 6.50. The van der Waals surface area contributed by atoms with Gasteiger partial charge in [0.15, 0.2) is 0 Å². The number of fused-ring (bicyclic) bond motifs is 1. The van der Waals surface area contributed by atoms with Crippen molar-refractivity contribution in [2.24, 2.45) is 17.6 Å². The number of halogens is 3. The van der Waals surface area contributed by atoms with Crippen molar-refractivity contribution in [1.29, 1.82) is 0 Å². The number of alkyl halides is 3. The lowest BCUT2D eigenvalue weighted by atomic mass is 9.78. The Labute approximate surface area is 100 Å². The molecule has 0 amide bonds. The van der Waals surface area contributed by atoms with Crippen molar-refractivity contribution >= 4 is 0 Å². The predicted octanol–water partition coefficient (Wildman–Crippen LogP) is 2.39. The molecular formula is C12H21F3N2. The van der Waals surface area contributed by atoms with Crippen LogP contribution in [0.5, 0.6) is 0 Å². The van der Waals surface area contributed by atoms with Gasteiger partial charge < -0.3 is 10.6 Å². The van der Waals surface area contributed by atoms with Gasteiger partial charge in [-0.1, -0.05) is 6.42 Å². The Bertz CT molecular complexity index is 255. The molecule has 0 spiro atoms. The maximum Gasteiger partial charge on any atom is 0.389 e. The fraction of sp³-hybridized carbons (Fsp3) is 1.00. The van der Waals surface area contributed by atoms with Gasteiger partial charge in [-0.25, -0.2) is 0 Å². The smallest absolute Gasteiger partial charge is 0.327 e. The van der Waals surface area contributed by atoms with E-state index < -0.39 is 12.6 Å². The summed E-state index contributed by atoms with van der Waals surface area (Å²) in [5, 5.41) is 0. The number of likely N-dealkylation sites (tertiary alicyclic amines) is 1. The van der Waals surface area contributed by atoms with Crippen molar-refractivity contribution in [1.82, 2.24) is 4.90 Å². The molecule has 2 nitrogen and oxygen atoms in total. The molecule has 17 heavy (non-hydrogen) atoms. The monoisotopic (exact) mass is 250 g/mol. The number of rotatable bonds is 3. The van der Waals surface area contributed by atoms with Gasteiger partial charge in [0.05, 0.1) is 0 Å². The molecule has 0 aromatic heterocycles. The molecule has 2 fully saturated rings. The Hall–Kier alpha value is -0.290. The molecule has 100 valence electrons. The van der Waals surface area contributed by atoms with Crippen molar-refractivity contribution in [2.75, 3.05) is 19.6 Å². The number of nitrogens with zero attached hydrogens (tertiary/aromatic N) is 1. The van der Waals surface area contributed by atoms with E-state index in [-0.39, 0.29) is 12.5 Å². The minimum Gasteiger partial charge on any atom is -0.327 e. The predicted molar refractivity (Wildman–Crippen MR) is 60.5 cm³/mol. The molecule has 5 heteroatoms. The van der Waals surface area contributed by atoms with Crippen molar-refractivity contribution in [3.8, 4) is 0 Å². The summed E-state index contributed by atoms with van der Waals surface area (Å²) in [5.74, 6) is 1.15. The molecule has 2 N–H and O–H groups in total. The Morgan fingerprint density at radius 2 is 1.94 bits per heavy atom. The molecule has 2 aliphatic rings. The highest BCUT2D eigenvalue weighted by Gasteiger charge is 2.38. The van der Waals surface area contributed by atoms with Crippen LogP contribution in [-0.2, 0) is 0 Å². The molecule has 1 aliphatic carbocycles. The van der Waals surface area contributed by atoms with Crippen molar-refractivity contribution in [3.63, 3.8) is 0 Å². The number of hydrogen-bond acceptors (Lipinski definition) is 2. The van der Waals surface area contributed by atoms with Crippen LogP contribution in [0, 0.1) is 11.8 Å². The van der Waals surface area contributed by atoms with E-state index in [1.165, 1.54) is 12.8 Å². The first kappa shape index (κ1) is 13.1. The number of hydrogen-bond donors (Lipinski definition) is 1. The number of nitrogens with two attached hydrogens (primary N) is 1. The average Bonchev–Trinajstić information content (AvgIpc) is 2.60. The molecule has 1 saturated carbocycles. The average molecular weight is 250 g/mol. The van der Waals surface area contributed by atoms with Crippen molar-refractivity contribution < 1.29 is 13.2 Å². The molecule has 0 aromatic carbocycles. The lowest BCUT2D eigenvalue weighted by Crippen LogP contribution is -2.38. The summed E-state index contributed by atoms with van der Waals surface area (Å²) in [6, 6.07) is 0.265. The highest BCUT2D eigenvalue weighted by molar-refractivity contribution is 4.93. The topological polar surface area (TPSA) is 29.3 Å². The molecular weight excluding hydrogens is 229 g/mol. The van der Waals surface area contributed by atoms with Crippen LogP contribution >= 0.6 is 0 Å². The molecule has 1 saturated heterocycles. The van der Waals surface area contributed by atoms with E-state index >= 15 is 0 Å². The maximum absolute atomic E-state index is 12.0. The molecule has 2 rings (SSSR count). The Balaban J connectivity index is 1.74. The van der Waals surface area contributed by atoms with Crippen LogP contribution in [0.4, 0.5) is 13.2 Å². The summed E-state index contributed by atoms with van der Waals surface area (Å²) in [4.78, 5) is 2.17. The lowest BCUT2D eigenvalue weighted by Gasteiger charge is -2.29. The third-order valence-corrected chi connectivity index (χ3v) is 4.16. The zero-order valence-corrected chi connectivity index (χ0v) is 10.0. The zero-order chi connectivity index (χ0) is 12.5. The lowest BCUT2D eigenvalue weighted by molar-refractivity contribution is -0.136. The van der Waals surface area contributed by atoms with Gasteiger partial charge in [0, 0.05) is 25.6 Å². The van der Waals surface area contributed by atoms with Crippen LogP contribution in [0.15, 0.2) is 0 Å². The minimum absolute atomic E-state index is 0.220. The standard InChI is InChI=1S/C12H21F3N2/c13-12(14,15)5-2-6-17-7-9-3-1-4-11(16)10(9)8-17/h9-11H,1-8,16H2. The van der Waals surface area contributed by atoms with Gasteiger partial charge in [-0.15, -0.1) is 0 Å². The van der Waals surface area contributed by atoms with E-state index in [9.17, 15) is 13.2 Å². The summed E-state index contributed by atoms with van der Waals surface area (Å²) in [5.41, 5.74) is 6.07. The van der Waals surface area contributed by atoms with E-state index in [0.717, 1.165) is 19.5 Å². The molecule has 3 unspecified atom stereocenters. The van der Waals surface area contributed by atoms with Gasteiger partial charge in [-0.05, 0) is 37.6 Å². The summed E-state index contributed by atoms with van der Waals surface area (Å²) in [6.07, 6.45) is -0.990. The SMILES string of the molecule is NC1CCCC2CN(CCCC(F)(F)F)CC12. The second-order valence-corrected chi connectivity index (χ2v) is 5.50. The molecule has 0 bridgehead atoms.